The number of nitrogens with two attached hydrogens (primary N) is 1. The van der Waals surface area contributed by atoms with E-state index in [2.05, 4.69) is 5.32 Å². The molecule has 0 amide bonds. The Kier molecular flexibility index (Phi) is 3.18. The van der Waals surface area contributed by atoms with Crippen LogP contribution >= 0.6 is 0 Å². The van der Waals surface area contributed by atoms with Crippen LogP contribution in [0.1, 0.15) is 5.56 Å². The van der Waals surface area contributed by atoms with E-state index in [4.69, 9.17) is 10.5 Å². The average Bonchev–Trinajstić information content (AvgIpc) is 2.80. The van der Waals surface area contributed by atoms with Crippen LogP contribution in [0.2, 0.25) is 0 Å². The van der Waals surface area contributed by atoms with E-state index in [9.17, 15) is 8.78 Å². The topological polar surface area (TPSA) is 47.3 Å². The predicted molar refractivity (Wildman–Crippen MR) is 73.8 cm³/mol. The number of benzene rings is 2. The number of hydrogen-bond acceptors (Lipinski definition) is 3. The molecule has 0 aromatic heterocycles. The fourth-order valence-corrected chi connectivity index (χ4v) is 2.35. The first kappa shape index (κ1) is 12.7. The van der Waals surface area contributed by atoms with Gasteiger partial charge in [-0.1, -0.05) is 18.2 Å². The molecule has 1 atom stereocenters. The van der Waals surface area contributed by atoms with Crippen LogP contribution in [0.4, 0.5) is 20.2 Å². The van der Waals surface area contributed by atoms with Crippen LogP contribution in [0.5, 0.6) is 5.75 Å². The lowest BCUT2D eigenvalue weighted by atomic mass is 10.1. The molecule has 3 nitrogen and oxygen atoms in total. The zero-order valence-electron chi connectivity index (χ0n) is 10.7. The van der Waals surface area contributed by atoms with Crippen molar-refractivity contribution in [2.45, 2.75) is 12.5 Å². The van der Waals surface area contributed by atoms with Crippen molar-refractivity contribution in [3.8, 4) is 5.75 Å². The first-order valence-electron chi connectivity index (χ1n) is 6.36. The number of halogens is 2. The van der Waals surface area contributed by atoms with E-state index in [0.29, 0.717) is 6.54 Å². The van der Waals surface area contributed by atoms with Gasteiger partial charge in [0.1, 0.15) is 17.5 Å². The summed E-state index contributed by atoms with van der Waals surface area (Å²) in [5.74, 6) is -0.562. The summed E-state index contributed by atoms with van der Waals surface area (Å²) in [6.07, 6.45) is 0.588. The number of ether oxygens (including phenoxy) is 1. The number of anilines is 2. The maximum absolute atomic E-state index is 13.6. The lowest BCUT2D eigenvalue weighted by Crippen LogP contribution is -2.24. The molecule has 0 saturated carbocycles. The second kappa shape index (κ2) is 5.00. The molecule has 20 heavy (non-hydrogen) atoms. The minimum atomic E-state index is -0.696. The molecule has 2 aromatic rings. The van der Waals surface area contributed by atoms with Crippen molar-refractivity contribution in [1.82, 2.24) is 0 Å². The van der Waals surface area contributed by atoms with Crippen molar-refractivity contribution < 1.29 is 13.5 Å². The minimum absolute atomic E-state index is 0.0649. The van der Waals surface area contributed by atoms with E-state index in [1.165, 1.54) is 0 Å². The van der Waals surface area contributed by atoms with Gasteiger partial charge < -0.3 is 15.8 Å². The molecule has 1 heterocycles. The standard InChI is InChI=1S/C15H14F2N2O/c16-12-6-10(18)7-13(17)15(12)19-8-11-5-9-3-1-2-4-14(9)20-11/h1-4,6-7,11,19H,5,8,18H2. The van der Waals surface area contributed by atoms with Gasteiger partial charge in [0.15, 0.2) is 11.6 Å². The SMILES string of the molecule is Nc1cc(F)c(NCC2Cc3ccccc3O2)c(F)c1. The first-order chi connectivity index (χ1) is 9.63. The van der Waals surface area contributed by atoms with Crippen LogP contribution in [-0.4, -0.2) is 12.6 Å². The first-order valence-corrected chi connectivity index (χ1v) is 6.36. The van der Waals surface area contributed by atoms with Crippen LogP contribution in [0, 0.1) is 11.6 Å². The molecule has 0 bridgehead atoms. The number of nitrogens with one attached hydrogen (secondary N) is 1. The Morgan fingerprint density at radius 1 is 1.20 bits per heavy atom. The summed E-state index contributed by atoms with van der Waals surface area (Å²) in [5.41, 5.74) is 6.38. The highest BCUT2D eigenvalue weighted by Crippen LogP contribution is 2.29. The Morgan fingerprint density at radius 3 is 2.60 bits per heavy atom. The fourth-order valence-electron chi connectivity index (χ4n) is 2.35. The summed E-state index contributed by atoms with van der Waals surface area (Å²) in [6.45, 7) is 0.326. The van der Waals surface area contributed by atoms with Crippen molar-refractivity contribution in [2.24, 2.45) is 0 Å². The highest BCUT2D eigenvalue weighted by atomic mass is 19.1. The lowest BCUT2D eigenvalue weighted by Gasteiger charge is -2.14. The van der Waals surface area contributed by atoms with Crippen molar-refractivity contribution in [3.63, 3.8) is 0 Å². The van der Waals surface area contributed by atoms with E-state index in [1.807, 2.05) is 24.3 Å². The zero-order chi connectivity index (χ0) is 14.1. The Morgan fingerprint density at radius 2 is 1.90 bits per heavy atom. The molecule has 1 aliphatic rings. The highest BCUT2D eigenvalue weighted by Gasteiger charge is 2.22. The molecule has 0 fully saturated rings. The molecule has 0 aliphatic carbocycles. The molecule has 1 unspecified atom stereocenters. The van der Waals surface area contributed by atoms with E-state index in [1.54, 1.807) is 0 Å². The van der Waals surface area contributed by atoms with Crippen molar-refractivity contribution in [1.29, 1.82) is 0 Å². The number of nitrogen functional groups attached to an aromatic ring is 1. The van der Waals surface area contributed by atoms with Crippen molar-refractivity contribution in [3.05, 3.63) is 53.6 Å². The lowest BCUT2D eigenvalue weighted by molar-refractivity contribution is 0.246. The Labute approximate surface area is 115 Å². The summed E-state index contributed by atoms with van der Waals surface area (Å²) in [6, 6.07) is 9.90. The number of para-hydroxylation sites is 1. The molecular formula is C15H14F2N2O. The summed E-state index contributed by atoms with van der Waals surface area (Å²) in [4.78, 5) is 0. The molecule has 5 heteroatoms. The van der Waals surface area contributed by atoms with Gasteiger partial charge in [0.2, 0.25) is 0 Å². The number of hydrogen-bond donors (Lipinski definition) is 2. The van der Waals surface area contributed by atoms with Gasteiger partial charge in [0, 0.05) is 12.1 Å². The average molecular weight is 276 g/mol. The van der Waals surface area contributed by atoms with Gasteiger partial charge in [0.25, 0.3) is 0 Å². The van der Waals surface area contributed by atoms with Gasteiger partial charge in [-0.25, -0.2) is 8.78 Å². The van der Waals surface area contributed by atoms with Gasteiger partial charge in [0.05, 0.1) is 6.54 Å². The molecule has 1 aliphatic heterocycles. The van der Waals surface area contributed by atoms with Gasteiger partial charge >= 0.3 is 0 Å². The molecule has 0 spiro atoms. The van der Waals surface area contributed by atoms with Gasteiger partial charge in [-0.3, -0.25) is 0 Å². The molecule has 0 radical (unpaired) electrons. The van der Waals surface area contributed by atoms with Crippen LogP contribution in [-0.2, 0) is 6.42 Å². The third-order valence-electron chi connectivity index (χ3n) is 3.28. The van der Waals surface area contributed by atoms with E-state index in [0.717, 1.165) is 29.9 Å². The Hall–Kier alpha value is -2.30. The second-order valence-corrected chi connectivity index (χ2v) is 4.79. The number of rotatable bonds is 3. The fraction of sp³-hybridized carbons (Fsp3) is 0.200. The molecule has 2 aromatic carbocycles. The summed E-state index contributed by atoms with van der Waals surface area (Å²) >= 11 is 0. The summed E-state index contributed by atoms with van der Waals surface area (Å²) < 4.78 is 32.9. The maximum atomic E-state index is 13.6. The molecule has 3 rings (SSSR count). The Bertz CT molecular complexity index is 598. The largest absolute Gasteiger partial charge is 0.488 e. The van der Waals surface area contributed by atoms with Crippen LogP contribution in [0.15, 0.2) is 36.4 Å². The third kappa shape index (κ3) is 2.39. The van der Waals surface area contributed by atoms with Crippen LogP contribution in [0.3, 0.4) is 0 Å². The smallest absolute Gasteiger partial charge is 0.151 e. The van der Waals surface area contributed by atoms with Crippen LogP contribution in [0.25, 0.3) is 0 Å². The Balaban J connectivity index is 1.67. The molecule has 104 valence electrons. The normalized spacial score (nSPS) is 16.6. The third-order valence-corrected chi connectivity index (χ3v) is 3.28. The minimum Gasteiger partial charge on any atom is -0.488 e. The van der Waals surface area contributed by atoms with Crippen molar-refractivity contribution >= 4 is 11.4 Å². The molecular weight excluding hydrogens is 262 g/mol. The quantitative estimate of drug-likeness (QED) is 0.847. The van der Waals surface area contributed by atoms with Crippen molar-refractivity contribution in [2.75, 3.05) is 17.6 Å². The predicted octanol–water partition coefficient (Wildman–Crippen LogP) is 2.96. The van der Waals surface area contributed by atoms with E-state index >= 15 is 0 Å². The van der Waals surface area contributed by atoms with E-state index in [-0.39, 0.29) is 17.5 Å². The van der Waals surface area contributed by atoms with Gasteiger partial charge in [-0.05, 0) is 23.8 Å². The summed E-state index contributed by atoms with van der Waals surface area (Å²) in [7, 11) is 0. The molecule has 0 saturated heterocycles. The van der Waals surface area contributed by atoms with E-state index < -0.39 is 11.6 Å². The number of fused-ring (bicyclic) bond motifs is 1. The highest BCUT2D eigenvalue weighted by molar-refractivity contribution is 5.54. The van der Waals surface area contributed by atoms with Gasteiger partial charge in [-0.2, -0.15) is 0 Å². The van der Waals surface area contributed by atoms with Crippen LogP contribution < -0.4 is 15.8 Å². The monoisotopic (exact) mass is 276 g/mol. The zero-order valence-corrected chi connectivity index (χ0v) is 10.7. The maximum Gasteiger partial charge on any atom is 0.151 e. The second-order valence-electron chi connectivity index (χ2n) is 4.79. The molecule has 3 N–H and O–H groups in total. The summed E-state index contributed by atoms with van der Waals surface area (Å²) in [5, 5.41) is 2.75. The van der Waals surface area contributed by atoms with Gasteiger partial charge in [-0.15, -0.1) is 0 Å².